The molecule has 0 aliphatic carbocycles. The Morgan fingerprint density at radius 3 is 2.32 bits per heavy atom. The minimum Gasteiger partial charge on any atom is -0.370 e. The van der Waals surface area contributed by atoms with Crippen LogP contribution in [0.3, 0.4) is 0 Å². The van der Waals surface area contributed by atoms with Gasteiger partial charge in [0.15, 0.2) is 5.96 Å². The number of piperidine rings is 1. The maximum absolute atomic E-state index is 12.3. The van der Waals surface area contributed by atoms with Crippen LogP contribution in [0.2, 0.25) is 0 Å². The van der Waals surface area contributed by atoms with Gasteiger partial charge in [-0.1, -0.05) is 12.1 Å². The number of hydrogen-bond acceptors (Lipinski definition) is 2. The molecule has 1 aromatic heterocycles. The minimum atomic E-state index is -0.446. The van der Waals surface area contributed by atoms with Gasteiger partial charge in [0.1, 0.15) is 5.69 Å². The van der Waals surface area contributed by atoms with E-state index in [4.69, 9.17) is 11.5 Å². The van der Waals surface area contributed by atoms with Crippen LogP contribution in [0, 0.1) is 0 Å². The number of H-pyrrole nitrogens is 1. The summed E-state index contributed by atoms with van der Waals surface area (Å²) < 4.78 is 0. The van der Waals surface area contributed by atoms with Crippen LogP contribution in [0.5, 0.6) is 0 Å². The van der Waals surface area contributed by atoms with E-state index in [1.807, 2.05) is 23.1 Å². The highest BCUT2D eigenvalue weighted by molar-refractivity contribution is 6.01. The number of nitrogens with zero attached hydrogens (tertiary/aromatic N) is 2. The zero-order valence-electron chi connectivity index (χ0n) is 13.8. The Labute approximate surface area is 145 Å². The number of aromatic nitrogens is 1. The number of carbonyl (C=O) groups is 2. The summed E-state index contributed by atoms with van der Waals surface area (Å²) in [4.78, 5) is 32.5. The number of amides is 2. The third kappa shape index (κ3) is 3.88. The molecule has 1 saturated heterocycles. The van der Waals surface area contributed by atoms with Crippen LogP contribution in [-0.4, -0.2) is 40.7 Å². The lowest BCUT2D eigenvalue weighted by atomic mass is 9.89. The van der Waals surface area contributed by atoms with Gasteiger partial charge in [-0.15, -0.1) is 0 Å². The fourth-order valence-electron chi connectivity index (χ4n) is 3.13. The Hall–Kier alpha value is -3.09. The molecular weight excluding hydrogens is 318 g/mol. The Morgan fingerprint density at radius 2 is 1.76 bits per heavy atom. The van der Waals surface area contributed by atoms with E-state index in [0.29, 0.717) is 17.2 Å². The highest BCUT2D eigenvalue weighted by atomic mass is 16.2. The fraction of sp³-hybridized carbons (Fsp3) is 0.278. The minimum absolute atomic E-state index is 0.0432. The summed E-state index contributed by atoms with van der Waals surface area (Å²) in [5.74, 6) is -0.271. The lowest BCUT2D eigenvalue weighted by molar-refractivity contribution is 0.0707. The van der Waals surface area contributed by atoms with E-state index in [0.717, 1.165) is 31.5 Å². The van der Waals surface area contributed by atoms with Crippen LogP contribution >= 0.6 is 0 Å². The summed E-state index contributed by atoms with van der Waals surface area (Å²) in [5, 5.41) is 0. The number of hydrogen-bond donors (Lipinski definition) is 3. The van der Waals surface area contributed by atoms with Crippen molar-refractivity contribution in [1.82, 2.24) is 9.88 Å². The second-order valence-corrected chi connectivity index (χ2v) is 6.11. The molecule has 25 heavy (non-hydrogen) atoms. The molecule has 1 aromatic carbocycles. The molecule has 0 bridgehead atoms. The summed E-state index contributed by atoms with van der Waals surface area (Å²) >= 11 is 0. The third-order valence-electron chi connectivity index (χ3n) is 4.47. The predicted octanol–water partition coefficient (Wildman–Crippen LogP) is 1.45. The largest absolute Gasteiger partial charge is 0.370 e. The predicted molar refractivity (Wildman–Crippen MR) is 95.3 cm³/mol. The first-order valence-corrected chi connectivity index (χ1v) is 8.21. The van der Waals surface area contributed by atoms with Crippen molar-refractivity contribution in [3.05, 3.63) is 59.4 Å². The monoisotopic (exact) mass is 339 g/mol. The number of rotatable bonds is 3. The molecule has 0 spiro atoms. The van der Waals surface area contributed by atoms with Gasteiger partial charge in [0, 0.05) is 24.8 Å². The summed E-state index contributed by atoms with van der Waals surface area (Å²) in [7, 11) is 0. The quantitative estimate of drug-likeness (QED) is 0.579. The van der Waals surface area contributed by atoms with E-state index in [-0.39, 0.29) is 11.9 Å². The first kappa shape index (κ1) is 16.8. The van der Waals surface area contributed by atoms with Crippen LogP contribution in [0.1, 0.15) is 45.2 Å². The van der Waals surface area contributed by atoms with Gasteiger partial charge in [-0.05, 0) is 48.6 Å². The Kier molecular flexibility index (Phi) is 4.83. The van der Waals surface area contributed by atoms with Crippen LogP contribution in [-0.2, 0) is 0 Å². The van der Waals surface area contributed by atoms with E-state index in [2.05, 4.69) is 9.98 Å². The molecule has 0 radical (unpaired) electrons. The normalized spacial score (nSPS) is 15.0. The zero-order valence-corrected chi connectivity index (χ0v) is 13.8. The number of benzene rings is 1. The van der Waals surface area contributed by atoms with Gasteiger partial charge < -0.3 is 21.4 Å². The Bertz CT molecular complexity index is 768. The van der Waals surface area contributed by atoms with Gasteiger partial charge in [-0.25, -0.2) is 0 Å². The Balaban J connectivity index is 1.60. The molecular formula is C18H21N5O2. The first-order valence-electron chi connectivity index (χ1n) is 8.21. The van der Waals surface area contributed by atoms with Crippen LogP contribution in [0.4, 0.5) is 0 Å². The van der Waals surface area contributed by atoms with E-state index in [9.17, 15) is 9.59 Å². The van der Waals surface area contributed by atoms with Gasteiger partial charge in [-0.2, -0.15) is 4.99 Å². The highest BCUT2D eigenvalue weighted by Crippen LogP contribution is 2.28. The van der Waals surface area contributed by atoms with E-state index in [1.165, 1.54) is 0 Å². The molecule has 7 nitrogen and oxygen atoms in total. The van der Waals surface area contributed by atoms with Crippen LogP contribution < -0.4 is 11.5 Å². The number of carbonyl (C=O) groups excluding carboxylic acids is 2. The van der Waals surface area contributed by atoms with Crippen molar-refractivity contribution in [3.8, 4) is 0 Å². The lowest BCUT2D eigenvalue weighted by Gasteiger charge is -2.32. The first-order chi connectivity index (χ1) is 12.0. The standard InChI is InChI=1S/C18H21N5O2/c19-18(20)22-16(24)14-5-3-12(4-6-14)13-7-10-23(11-8-13)17(25)15-2-1-9-21-15/h1-6,9,13,21H,7-8,10-11H2,(H4,19,20,22,24). The van der Waals surface area contributed by atoms with Gasteiger partial charge in [-0.3, -0.25) is 9.59 Å². The van der Waals surface area contributed by atoms with Crippen LogP contribution in [0.15, 0.2) is 47.6 Å². The number of aromatic amines is 1. The topological polar surface area (TPSA) is 118 Å². The van der Waals surface area contributed by atoms with Gasteiger partial charge in [0.05, 0.1) is 0 Å². The molecule has 130 valence electrons. The molecule has 2 heterocycles. The molecule has 0 saturated carbocycles. The molecule has 7 heteroatoms. The van der Waals surface area contributed by atoms with E-state index in [1.54, 1.807) is 24.4 Å². The average Bonchev–Trinajstić information content (AvgIpc) is 3.15. The van der Waals surface area contributed by atoms with Crippen molar-refractivity contribution < 1.29 is 9.59 Å². The molecule has 0 atom stereocenters. The van der Waals surface area contributed by atoms with Gasteiger partial charge in [0.2, 0.25) is 0 Å². The lowest BCUT2D eigenvalue weighted by Crippen LogP contribution is -2.38. The number of guanidine groups is 1. The maximum Gasteiger partial charge on any atom is 0.280 e. The molecule has 1 aliphatic heterocycles. The van der Waals surface area contributed by atoms with Crippen molar-refractivity contribution in [1.29, 1.82) is 0 Å². The van der Waals surface area contributed by atoms with Gasteiger partial charge in [0.25, 0.3) is 11.8 Å². The number of likely N-dealkylation sites (tertiary alicyclic amines) is 1. The van der Waals surface area contributed by atoms with E-state index >= 15 is 0 Å². The summed E-state index contributed by atoms with van der Waals surface area (Å²) in [6.45, 7) is 1.44. The van der Waals surface area contributed by atoms with Gasteiger partial charge >= 0.3 is 0 Å². The second kappa shape index (κ2) is 7.21. The average molecular weight is 339 g/mol. The smallest absolute Gasteiger partial charge is 0.280 e. The van der Waals surface area contributed by atoms with Crippen molar-refractivity contribution in [2.75, 3.05) is 13.1 Å². The summed E-state index contributed by atoms with van der Waals surface area (Å²) in [6, 6.07) is 11.0. The number of aliphatic imine (C=N–C) groups is 1. The molecule has 0 unspecified atom stereocenters. The number of nitrogens with one attached hydrogen (secondary N) is 1. The fourth-order valence-corrected chi connectivity index (χ4v) is 3.13. The van der Waals surface area contributed by atoms with E-state index < -0.39 is 5.91 Å². The van der Waals surface area contributed by atoms with Crippen molar-refractivity contribution in [3.63, 3.8) is 0 Å². The summed E-state index contributed by atoms with van der Waals surface area (Å²) in [6.07, 6.45) is 3.55. The molecule has 2 aromatic rings. The SMILES string of the molecule is NC(N)=NC(=O)c1ccc(C2CCN(C(=O)c3ccc[nH]3)CC2)cc1. The number of nitrogens with two attached hydrogens (primary N) is 2. The Morgan fingerprint density at radius 1 is 1.08 bits per heavy atom. The third-order valence-corrected chi connectivity index (χ3v) is 4.47. The summed E-state index contributed by atoms with van der Waals surface area (Å²) in [5.41, 5.74) is 12.7. The molecule has 1 aliphatic rings. The van der Waals surface area contributed by atoms with Crippen molar-refractivity contribution >= 4 is 17.8 Å². The maximum atomic E-state index is 12.3. The molecule has 5 N–H and O–H groups in total. The highest BCUT2D eigenvalue weighted by Gasteiger charge is 2.25. The zero-order chi connectivity index (χ0) is 17.8. The second-order valence-electron chi connectivity index (χ2n) is 6.11. The van der Waals surface area contributed by atoms with Crippen LogP contribution in [0.25, 0.3) is 0 Å². The van der Waals surface area contributed by atoms with Crippen molar-refractivity contribution in [2.24, 2.45) is 16.5 Å². The molecule has 3 rings (SSSR count). The van der Waals surface area contributed by atoms with Crippen molar-refractivity contribution in [2.45, 2.75) is 18.8 Å². The molecule has 1 fully saturated rings. The molecule has 2 amide bonds.